The van der Waals surface area contributed by atoms with Gasteiger partial charge in [0, 0.05) is 46.1 Å². The Morgan fingerprint density at radius 3 is 2.64 bits per heavy atom. The average molecular weight is 339 g/mol. The molecule has 0 spiro atoms. The number of fused-ring (bicyclic) bond motifs is 1. The summed E-state index contributed by atoms with van der Waals surface area (Å²) in [5, 5.41) is 0. The molecular weight excluding hydrogens is 314 g/mol. The van der Waals surface area contributed by atoms with Crippen molar-refractivity contribution in [3.05, 3.63) is 30.4 Å². The first-order valence-electron chi connectivity index (χ1n) is 8.93. The number of piperidine rings is 1. The zero-order valence-corrected chi connectivity index (χ0v) is 15.1. The van der Waals surface area contributed by atoms with Gasteiger partial charge in [0.05, 0.1) is 6.04 Å². The number of aryl methyl sites for hydroxylation is 1. The van der Waals surface area contributed by atoms with Gasteiger partial charge in [0.15, 0.2) is 0 Å². The summed E-state index contributed by atoms with van der Waals surface area (Å²) >= 11 is 0. The van der Waals surface area contributed by atoms with E-state index < -0.39 is 0 Å². The third-order valence-corrected chi connectivity index (χ3v) is 5.29. The van der Waals surface area contributed by atoms with E-state index in [4.69, 9.17) is 4.98 Å². The Bertz CT molecular complexity index is 748. The van der Waals surface area contributed by atoms with Crippen LogP contribution in [0, 0.1) is 12.8 Å². The second kappa shape index (κ2) is 6.46. The molecule has 25 heavy (non-hydrogen) atoms. The van der Waals surface area contributed by atoms with Crippen molar-refractivity contribution >= 4 is 17.6 Å². The zero-order chi connectivity index (χ0) is 17.4. The molecule has 2 saturated heterocycles. The van der Waals surface area contributed by atoms with Crippen LogP contribution in [0.4, 0.5) is 17.6 Å². The molecule has 4 heterocycles. The molecule has 0 amide bonds. The Morgan fingerprint density at radius 1 is 1.04 bits per heavy atom. The van der Waals surface area contributed by atoms with Gasteiger partial charge in [-0.05, 0) is 37.8 Å². The number of anilines is 3. The maximum atomic E-state index is 4.72. The normalized spacial score (nSPS) is 22.8. The summed E-state index contributed by atoms with van der Waals surface area (Å²) < 4.78 is 0. The van der Waals surface area contributed by atoms with E-state index >= 15 is 0 Å². The maximum absolute atomic E-state index is 4.72. The summed E-state index contributed by atoms with van der Waals surface area (Å²) in [6, 6.07) is 4.44. The third kappa shape index (κ3) is 3.10. The van der Waals surface area contributed by atoms with E-state index in [1.54, 1.807) is 0 Å². The molecule has 2 aromatic heterocycles. The van der Waals surface area contributed by atoms with Gasteiger partial charge in [0.2, 0.25) is 5.95 Å². The van der Waals surface area contributed by atoms with Crippen LogP contribution in [0.1, 0.15) is 18.7 Å². The van der Waals surface area contributed by atoms with Gasteiger partial charge in [0.1, 0.15) is 17.5 Å². The van der Waals surface area contributed by atoms with Crippen molar-refractivity contribution < 1.29 is 0 Å². The highest BCUT2D eigenvalue weighted by Gasteiger charge is 2.39. The molecule has 2 aliphatic rings. The van der Waals surface area contributed by atoms with Gasteiger partial charge in [0.25, 0.3) is 0 Å². The van der Waals surface area contributed by atoms with Gasteiger partial charge in [-0.25, -0.2) is 15.0 Å². The van der Waals surface area contributed by atoms with Gasteiger partial charge < -0.3 is 14.7 Å². The molecule has 7 nitrogen and oxygen atoms in total. The topological polar surface area (TPSA) is 61.3 Å². The van der Waals surface area contributed by atoms with Crippen LogP contribution < -0.4 is 14.7 Å². The molecule has 0 saturated carbocycles. The second-order valence-corrected chi connectivity index (χ2v) is 7.12. The standard InChI is InChI=1S/C18H25N7/c1-13-19-8-5-17(21-13)25-11-7-14-6-10-24(12-15(14)25)18-20-9-4-16(22-18)23(2)3/h4-5,8-9,14-15H,6-7,10-12H2,1-3H3. The number of rotatable bonds is 3. The van der Waals surface area contributed by atoms with Gasteiger partial charge in [-0.15, -0.1) is 0 Å². The molecule has 0 bridgehead atoms. The molecule has 0 aliphatic carbocycles. The largest absolute Gasteiger partial charge is 0.363 e. The van der Waals surface area contributed by atoms with E-state index in [0.717, 1.165) is 49.0 Å². The quantitative estimate of drug-likeness (QED) is 0.844. The Labute approximate surface area is 148 Å². The van der Waals surface area contributed by atoms with E-state index in [0.29, 0.717) is 6.04 Å². The van der Waals surface area contributed by atoms with Gasteiger partial charge >= 0.3 is 0 Å². The maximum Gasteiger partial charge on any atom is 0.227 e. The summed E-state index contributed by atoms with van der Waals surface area (Å²) in [5.41, 5.74) is 0. The monoisotopic (exact) mass is 339 g/mol. The van der Waals surface area contributed by atoms with Gasteiger partial charge in [-0.1, -0.05) is 0 Å². The van der Waals surface area contributed by atoms with Crippen molar-refractivity contribution in [2.75, 3.05) is 48.4 Å². The molecule has 7 heteroatoms. The van der Waals surface area contributed by atoms with Crippen molar-refractivity contribution in [1.29, 1.82) is 0 Å². The summed E-state index contributed by atoms with van der Waals surface area (Å²) in [5.74, 6) is 4.38. The highest BCUT2D eigenvalue weighted by atomic mass is 15.3. The molecule has 0 aromatic carbocycles. The van der Waals surface area contributed by atoms with Crippen LogP contribution in [-0.2, 0) is 0 Å². The predicted octanol–water partition coefficient (Wildman–Crippen LogP) is 1.75. The number of hydrogen-bond acceptors (Lipinski definition) is 7. The second-order valence-electron chi connectivity index (χ2n) is 7.12. The highest BCUT2D eigenvalue weighted by molar-refractivity contribution is 5.46. The van der Waals surface area contributed by atoms with Crippen LogP contribution in [0.3, 0.4) is 0 Å². The van der Waals surface area contributed by atoms with E-state index in [1.165, 1.54) is 12.8 Å². The van der Waals surface area contributed by atoms with Crippen molar-refractivity contribution in [2.24, 2.45) is 5.92 Å². The third-order valence-electron chi connectivity index (χ3n) is 5.29. The van der Waals surface area contributed by atoms with Gasteiger partial charge in [-0.3, -0.25) is 0 Å². The minimum Gasteiger partial charge on any atom is -0.363 e. The minimum absolute atomic E-state index is 0.467. The fraction of sp³-hybridized carbons (Fsp3) is 0.556. The van der Waals surface area contributed by atoms with Gasteiger partial charge in [-0.2, -0.15) is 4.98 Å². The molecule has 2 atom stereocenters. The first-order valence-corrected chi connectivity index (χ1v) is 8.93. The molecule has 2 aliphatic heterocycles. The number of nitrogens with zero attached hydrogens (tertiary/aromatic N) is 7. The lowest BCUT2D eigenvalue weighted by Crippen LogP contribution is -2.49. The Balaban J connectivity index is 1.56. The van der Waals surface area contributed by atoms with Crippen molar-refractivity contribution in [1.82, 2.24) is 19.9 Å². The molecule has 4 rings (SSSR count). The number of hydrogen-bond donors (Lipinski definition) is 0. The summed E-state index contributed by atoms with van der Waals surface area (Å²) in [7, 11) is 4.02. The predicted molar refractivity (Wildman–Crippen MR) is 99.2 cm³/mol. The summed E-state index contributed by atoms with van der Waals surface area (Å²) in [6.45, 7) is 4.99. The van der Waals surface area contributed by atoms with Crippen molar-refractivity contribution in [3.63, 3.8) is 0 Å². The SMILES string of the molecule is Cc1nccc(N2CCC3CCN(c4nccc(N(C)C)n4)CC32)n1. The molecular formula is C18H25N7. The summed E-state index contributed by atoms with van der Waals surface area (Å²) in [4.78, 5) is 24.9. The molecule has 132 valence electrons. The van der Waals surface area contributed by atoms with E-state index in [-0.39, 0.29) is 0 Å². The van der Waals surface area contributed by atoms with Crippen LogP contribution in [0.2, 0.25) is 0 Å². The van der Waals surface area contributed by atoms with E-state index in [1.807, 2.05) is 50.4 Å². The highest BCUT2D eigenvalue weighted by Crippen LogP contribution is 2.35. The lowest BCUT2D eigenvalue weighted by atomic mass is 9.92. The smallest absolute Gasteiger partial charge is 0.227 e. The summed E-state index contributed by atoms with van der Waals surface area (Å²) in [6.07, 6.45) is 6.13. The average Bonchev–Trinajstić information content (AvgIpc) is 3.05. The molecule has 2 fully saturated rings. The fourth-order valence-electron chi connectivity index (χ4n) is 3.95. The Morgan fingerprint density at radius 2 is 1.84 bits per heavy atom. The lowest BCUT2D eigenvalue weighted by Gasteiger charge is -2.39. The first-order chi connectivity index (χ1) is 12.1. The van der Waals surface area contributed by atoms with Crippen LogP contribution in [0.25, 0.3) is 0 Å². The van der Waals surface area contributed by atoms with Crippen molar-refractivity contribution in [2.45, 2.75) is 25.8 Å². The van der Waals surface area contributed by atoms with Crippen LogP contribution in [0.5, 0.6) is 0 Å². The Kier molecular flexibility index (Phi) is 4.15. The van der Waals surface area contributed by atoms with Crippen LogP contribution >= 0.6 is 0 Å². The number of aromatic nitrogens is 4. The van der Waals surface area contributed by atoms with E-state index in [2.05, 4.69) is 24.8 Å². The van der Waals surface area contributed by atoms with E-state index in [9.17, 15) is 0 Å². The first kappa shape index (κ1) is 16.1. The molecule has 2 aromatic rings. The van der Waals surface area contributed by atoms with Crippen molar-refractivity contribution in [3.8, 4) is 0 Å². The van der Waals surface area contributed by atoms with Crippen LogP contribution in [-0.4, -0.2) is 59.7 Å². The lowest BCUT2D eigenvalue weighted by molar-refractivity contribution is 0.387. The minimum atomic E-state index is 0.467. The molecule has 0 N–H and O–H groups in total. The zero-order valence-electron chi connectivity index (χ0n) is 15.1. The molecule has 0 radical (unpaired) electrons. The molecule has 2 unspecified atom stereocenters. The van der Waals surface area contributed by atoms with Crippen LogP contribution in [0.15, 0.2) is 24.5 Å². The fourth-order valence-corrected chi connectivity index (χ4v) is 3.95. The Hall–Kier alpha value is -2.44.